The van der Waals surface area contributed by atoms with Crippen LogP contribution in [-0.2, 0) is 30.4 Å². The van der Waals surface area contributed by atoms with Crippen LogP contribution in [-0.4, -0.2) is 65.4 Å². The van der Waals surface area contributed by atoms with Crippen LogP contribution in [0.3, 0.4) is 0 Å². The molecule has 1 aromatic rings. The lowest BCUT2D eigenvalue weighted by atomic mass is 10.0. The summed E-state index contributed by atoms with van der Waals surface area (Å²) in [7, 11) is 0. The van der Waals surface area contributed by atoms with E-state index in [4.69, 9.17) is 5.73 Å². The minimum atomic E-state index is -1.26. The summed E-state index contributed by atoms with van der Waals surface area (Å²) in [4.78, 5) is 61.8. The number of carbonyl (C=O) groups excluding carboxylic acids is 4. The number of nitrogens with two attached hydrogens (primary N) is 1. The zero-order valence-electron chi connectivity index (χ0n) is 20.1. The van der Waals surface area contributed by atoms with E-state index in [-0.39, 0.29) is 18.8 Å². The number of nitrogens with one attached hydrogen (secondary N) is 4. The summed E-state index contributed by atoms with van der Waals surface area (Å²) >= 11 is 0. The quantitative estimate of drug-likeness (QED) is 0.215. The van der Waals surface area contributed by atoms with E-state index in [1.165, 1.54) is 0 Å². The highest BCUT2D eigenvalue weighted by Crippen LogP contribution is 2.10. The fourth-order valence-electron chi connectivity index (χ4n) is 3.89. The molecule has 1 heterocycles. The van der Waals surface area contributed by atoms with Gasteiger partial charge in [0.2, 0.25) is 23.6 Å². The van der Waals surface area contributed by atoms with E-state index < -0.39 is 60.2 Å². The number of aliphatic carboxylic acids is 1. The average molecular weight is 490 g/mol. The van der Waals surface area contributed by atoms with Gasteiger partial charge in [-0.25, -0.2) is 4.79 Å². The molecule has 0 bridgehead atoms. The zero-order chi connectivity index (χ0) is 26.0. The number of carboxylic acids is 1. The predicted molar refractivity (Wildman–Crippen MR) is 128 cm³/mol. The molecule has 4 unspecified atom stereocenters. The molecule has 11 heteroatoms. The first kappa shape index (κ1) is 27.8. The van der Waals surface area contributed by atoms with Crippen LogP contribution in [0.5, 0.6) is 0 Å². The second-order valence-corrected chi connectivity index (χ2v) is 9.16. The lowest BCUT2D eigenvalue weighted by Gasteiger charge is -2.25. The monoisotopic (exact) mass is 489 g/mol. The maximum absolute atomic E-state index is 13.0. The topological polar surface area (TPSA) is 180 Å². The number of hydrogen-bond acceptors (Lipinski definition) is 6. The van der Waals surface area contributed by atoms with Crippen LogP contribution in [0.2, 0.25) is 0 Å². The lowest BCUT2D eigenvalue weighted by Crippen LogP contribution is -2.58. The Kier molecular flexibility index (Phi) is 10.7. The number of carboxylic acid groups (broad SMARTS) is 1. The normalized spacial score (nSPS) is 17.7. The molecule has 1 aliphatic heterocycles. The molecule has 7 N–H and O–H groups in total. The molecule has 0 saturated carbocycles. The fourth-order valence-corrected chi connectivity index (χ4v) is 3.89. The van der Waals surface area contributed by atoms with Gasteiger partial charge in [-0.15, -0.1) is 0 Å². The Morgan fingerprint density at radius 1 is 1.00 bits per heavy atom. The van der Waals surface area contributed by atoms with Gasteiger partial charge in [0.1, 0.15) is 18.1 Å². The Labute approximate surface area is 204 Å². The Hall–Kier alpha value is -3.47. The number of amides is 4. The second-order valence-electron chi connectivity index (χ2n) is 9.16. The van der Waals surface area contributed by atoms with Crippen LogP contribution in [0, 0.1) is 5.92 Å². The van der Waals surface area contributed by atoms with Gasteiger partial charge in [0.25, 0.3) is 0 Å². The van der Waals surface area contributed by atoms with Gasteiger partial charge in [-0.2, -0.15) is 0 Å². The molecular weight excluding hydrogens is 454 g/mol. The van der Waals surface area contributed by atoms with Crippen LogP contribution in [0.1, 0.15) is 45.1 Å². The highest BCUT2D eigenvalue weighted by molar-refractivity contribution is 5.96. The first-order chi connectivity index (χ1) is 16.6. The molecule has 1 aromatic carbocycles. The van der Waals surface area contributed by atoms with Gasteiger partial charge in [0.05, 0.1) is 12.5 Å². The molecule has 1 fully saturated rings. The molecule has 1 saturated heterocycles. The van der Waals surface area contributed by atoms with Crippen molar-refractivity contribution in [3.63, 3.8) is 0 Å². The maximum Gasteiger partial charge on any atom is 0.326 e. The SMILES string of the molecule is CC(C)CC(NC(=O)C(CC(N)=O)NC(=O)C1CCCN1)C(=O)NC(Cc1ccccc1)C(=O)O. The molecule has 35 heavy (non-hydrogen) atoms. The molecule has 192 valence electrons. The highest BCUT2D eigenvalue weighted by Gasteiger charge is 2.32. The zero-order valence-corrected chi connectivity index (χ0v) is 20.1. The van der Waals surface area contributed by atoms with Crippen LogP contribution in [0.4, 0.5) is 0 Å². The third kappa shape index (κ3) is 9.36. The van der Waals surface area contributed by atoms with E-state index >= 15 is 0 Å². The smallest absolute Gasteiger partial charge is 0.326 e. The maximum atomic E-state index is 13.0. The van der Waals surface area contributed by atoms with Crippen molar-refractivity contribution in [3.05, 3.63) is 35.9 Å². The summed E-state index contributed by atoms with van der Waals surface area (Å²) in [6.07, 6.45) is 1.27. The average Bonchev–Trinajstić information content (AvgIpc) is 3.33. The molecule has 4 atom stereocenters. The molecule has 4 amide bonds. The minimum absolute atomic E-state index is 0.0182. The van der Waals surface area contributed by atoms with Crippen molar-refractivity contribution in [2.45, 2.75) is 70.1 Å². The third-order valence-corrected chi connectivity index (χ3v) is 5.65. The number of rotatable bonds is 13. The summed E-state index contributed by atoms with van der Waals surface area (Å²) in [5.74, 6) is -3.86. The Bertz CT molecular complexity index is 901. The molecule has 0 aromatic heterocycles. The molecule has 0 radical (unpaired) electrons. The van der Waals surface area contributed by atoms with Crippen molar-refractivity contribution < 1.29 is 29.1 Å². The molecular formula is C24H35N5O6. The van der Waals surface area contributed by atoms with Gasteiger partial charge in [-0.1, -0.05) is 44.2 Å². The molecule has 0 aliphatic carbocycles. The van der Waals surface area contributed by atoms with E-state index in [1.54, 1.807) is 30.3 Å². The predicted octanol–water partition coefficient (Wildman–Crippen LogP) is -0.558. The van der Waals surface area contributed by atoms with Crippen molar-refractivity contribution in [2.75, 3.05) is 6.54 Å². The number of carbonyl (C=O) groups is 5. The van der Waals surface area contributed by atoms with E-state index in [9.17, 15) is 29.1 Å². The Morgan fingerprint density at radius 3 is 2.17 bits per heavy atom. The van der Waals surface area contributed by atoms with Gasteiger partial charge in [0, 0.05) is 6.42 Å². The fraction of sp³-hybridized carbons (Fsp3) is 0.542. The standard InChI is InChI=1S/C24H35N5O6/c1-14(2)11-17(22(32)29-19(24(34)35)12-15-7-4-3-5-8-15)27-23(33)18(13-20(25)30)28-21(31)16-9-6-10-26-16/h3-5,7-8,14,16-19,26H,6,9-13H2,1-2H3,(H2,25,30)(H,27,33)(H,28,31)(H,29,32)(H,34,35). The molecule has 1 aliphatic rings. The molecule has 2 rings (SSSR count). The minimum Gasteiger partial charge on any atom is -0.480 e. The van der Waals surface area contributed by atoms with Crippen LogP contribution in [0.25, 0.3) is 0 Å². The van der Waals surface area contributed by atoms with E-state index in [0.717, 1.165) is 12.0 Å². The van der Waals surface area contributed by atoms with Gasteiger partial charge in [-0.05, 0) is 37.3 Å². The number of hydrogen-bond donors (Lipinski definition) is 6. The van der Waals surface area contributed by atoms with Crippen molar-refractivity contribution in [3.8, 4) is 0 Å². The lowest BCUT2D eigenvalue weighted by molar-refractivity contribution is -0.142. The van der Waals surface area contributed by atoms with Crippen molar-refractivity contribution in [2.24, 2.45) is 11.7 Å². The number of primary amides is 1. The summed E-state index contributed by atoms with van der Waals surface area (Å²) in [6, 6.07) is 4.85. The third-order valence-electron chi connectivity index (χ3n) is 5.65. The largest absolute Gasteiger partial charge is 0.480 e. The number of benzene rings is 1. The van der Waals surface area contributed by atoms with Gasteiger partial charge >= 0.3 is 5.97 Å². The van der Waals surface area contributed by atoms with Gasteiger partial charge in [-0.3, -0.25) is 19.2 Å². The Morgan fingerprint density at radius 2 is 1.63 bits per heavy atom. The Balaban J connectivity index is 2.11. The molecule has 0 spiro atoms. The summed E-state index contributed by atoms with van der Waals surface area (Å²) in [5.41, 5.74) is 6.00. The summed E-state index contributed by atoms with van der Waals surface area (Å²) in [6.45, 7) is 4.37. The van der Waals surface area contributed by atoms with Crippen LogP contribution in [0.15, 0.2) is 30.3 Å². The first-order valence-electron chi connectivity index (χ1n) is 11.8. The van der Waals surface area contributed by atoms with Crippen molar-refractivity contribution in [1.82, 2.24) is 21.3 Å². The first-order valence-corrected chi connectivity index (χ1v) is 11.8. The highest BCUT2D eigenvalue weighted by atomic mass is 16.4. The van der Waals surface area contributed by atoms with E-state index in [2.05, 4.69) is 21.3 Å². The van der Waals surface area contributed by atoms with E-state index in [0.29, 0.717) is 13.0 Å². The van der Waals surface area contributed by atoms with Gasteiger partial charge < -0.3 is 32.1 Å². The molecule has 11 nitrogen and oxygen atoms in total. The van der Waals surface area contributed by atoms with Crippen LogP contribution >= 0.6 is 0 Å². The van der Waals surface area contributed by atoms with Crippen molar-refractivity contribution >= 4 is 29.6 Å². The van der Waals surface area contributed by atoms with Gasteiger partial charge in [0.15, 0.2) is 0 Å². The second kappa shape index (κ2) is 13.4. The summed E-state index contributed by atoms with van der Waals surface area (Å²) < 4.78 is 0. The van der Waals surface area contributed by atoms with E-state index in [1.807, 2.05) is 13.8 Å². The van der Waals surface area contributed by atoms with Crippen LogP contribution < -0.4 is 27.0 Å². The summed E-state index contributed by atoms with van der Waals surface area (Å²) in [5, 5.41) is 20.2. The van der Waals surface area contributed by atoms with Crippen molar-refractivity contribution in [1.29, 1.82) is 0 Å².